The Balaban J connectivity index is 1.59. The highest BCUT2D eigenvalue weighted by molar-refractivity contribution is 9.10. The number of carbonyl (C=O) groups excluding carboxylic acids is 1. The Kier molecular flexibility index (Phi) is 9.88. The van der Waals surface area contributed by atoms with Crippen molar-refractivity contribution < 1.29 is 14.3 Å². The number of hydrogen-bond acceptors (Lipinski definition) is 4. The Hall–Kier alpha value is -2.05. The highest BCUT2D eigenvalue weighted by Crippen LogP contribution is 2.34. The molecule has 1 aliphatic rings. The van der Waals surface area contributed by atoms with Crippen LogP contribution in [-0.2, 0) is 11.3 Å². The molecule has 0 radical (unpaired) electrons. The normalized spacial score (nSPS) is 15.0. The maximum atomic E-state index is 12.3. The van der Waals surface area contributed by atoms with Gasteiger partial charge in [-0.3, -0.25) is 4.79 Å². The molecule has 6 heteroatoms. The van der Waals surface area contributed by atoms with Gasteiger partial charge in [0.05, 0.1) is 6.61 Å². The second-order valence-corrected chi connectivity index (χ2v) is 9.30. The SMILES string of the molecule is CCOc1cc(CNC2CCCCCCC2)c(Br)cc1OCC(=O)Nc1ccc(C)cc1. The van der Waals surface area contributed by atoms with Crippen molar-refractivity contribution in [3.63, 3.8) is 0 Å². The predicted molar refractivity (Wildman–Crippen MR) is 134 cm³/mol. The summed E-state index contributed by atoms with van der Waals surface area (Å²) in [5.74, 6) is 1.02. The summed E-state index contributed by atoms with van der Waals surface area (Å²) in [4.78, 5) is 12.3. The number of amides is 1. The Labute approximate surface area is 200 Å². The van der Waals surface area contributed by atoms with Crippen molar-refractivity contribution in [3.05, 3.63) is 52.0 Å². The van der Waals surface area contributed by atoms with E-state index in [9.17, 15) is 4.79 Å². The van der Waals surface area contributed by atoms with Crippen LogP contribution in [0.2, 0.25) is 0 Å². The van der Waals surface area contributed by atoms with Crippen LogP contribution in [0.3, 0.4) is 0 Å². The molecule has 0 bridgehead atoms. The molecule has 1 saturated carbocycles. The van der Waals surface area contributed by atoms with Gasteiger partial charge in [0.2, 0.25) is 0 Å². The Morgan fingerprint density at radius 1 is 1.00 bits per heavy atom. The quantitative estimate of drug-likeness (QED) is 0.417. The van der Waals surface area contributed by atoms with E-state index in [1.807, 2.05) is 50.2 Å². The Morgan fingerprint density at radius 3 is 2.34 bits per heavy atom. The fourth-order valence-corrected chi connectivity index (χ4v) is 4.45. The zero-order valence-corrected chi connectivity index (χ0v) is 20.8. The molecule has 3 rings (SSSR count). The van der Waals surface area contributed by atoms with Crippen molar-refractivity contribution >= 4 is 27.5 Å². The summed E-state index contributed by atoms with van der Waals surface area (Å²) in [6, 6.07) is 12.2. The largest absolute Gasteiger partial charge is 0.490 e. The molecular formula is C26H35BrN2O3. The molecule has 0 saturated heterocycles. The first-order chi connectivity index (χ1) is 15.5. The Morgan fingerprint density at radius 2 is 1.66 bits per heavy atom. The van der Waals surface area contributed by atoms with Crippen molar-refractivity contribution in [2.75, 3.05) is 18.5 Å². The molecule has 2 N–H and O–H groups in total. The lowest BCUT2D eigenvalue weighted by molar-refractivity contribution is -0.118. The third kappa shape index (κ3) is 7.82. The summed E-state index contributed by atoms with van der Waals surface area (Å²) < 4.78 is 12.6. The zero-order valence-electron chi connectivity index (χ0n) is 19.2. The number of rotatable bonds is 9. The van der Waals surface area contributed by atoms with Gasteiger partial charge in [-0.05, 0) is 56.5 Å². The number of ether oxygens (including phenoxy) is 2. The van der Waals surface area contributed by atoms with Crippen molar-refractivity contribution in [1.29, 1.82) is 0 Å². The van der Waals surface area contributed by atoms with E-state index in [1.54, 1.807) is 0 Å². The molecule has 0 heterocycles. The van der Waals surface area contributed by atoms with Gasteiger partial charge in [0.1, 0.15) is 0 Å². The van der Waals surface area contributed by atoms with Crippen LogP contribution >= 0.6 is 15.9 Å². The van der Waals surface area contributed by atoms with Gasteiger partial charge in [-0.25, -0.2) is 0 Å². The van der Waals surface area contributed by atoms with E-state index in [4.69, 9.17) is 9.47 Å². The molecule has 2 aromatic rings. The summed E-state index contributed by atoms with van der Waals surface area (Å²) in [5, 5.41) is 6.58. The third-order valence-corrected chi connectivity index (χ3v) is 6.53. The zero-order chi connectivity index (χ0) is 22.8. The number of aryl methyl sites for hydroxylation is 1. The molecule has 2 aromatic carbocycles. The van der Waals surface area contributed by atoms with E-state index in [0.29, 0.717) is 24.1 Å². The van der Waals surface area contributed by atoms with E-state index >= 15 is 0 Å². The molecule has 0 unspecified atom stereocenters. The lowest BCUT2D eigenvalue weighted by Gasteiger charge is -2.22. The summed E-state index contributed by atoms with van der Waals surface area (Å²) in [6.07, 6.45) is 9.17. The highest BCUT2D eigenvalue weighted by Gasteiger charge is 2.15. The first-order valence-corrected chi connectivity index (χ1v) is 12.5. The number of benzene rings is 2. The van der Waals surface area contributed by atoms with Gasteiger partial charge in [-0.15, -0.1) is 0 Å². The first-order valence-electron chi connectivity index (χ1n) is 11.7. The standard InChI is InChI=1S/C26H35BrN2O3/c1-3-31-24-15-20(17-28-21-9-7-5-4-6-8-10-21)23(27)16-25(24)32-18-26(30)29-22-13-11-19(2)12-14-22/h11-16,21,28H,3-10,17-18H2,1-2H3,(H,29,30). The molecule has 0 aliphatic heterocycles. The van der Waals surface area contributed by atoms with Crippen LogP contribution in [0.5, 0.6) is 11.5 Å². The molecule has 32 heavy (non-hydrogen) atoms. The lowest BCUT2D eigenvalue weighted by Crippen LogP contribution is -2.29. The van der Waals surface area contributed by atoms with Gasteiger partial charge in [0.15, 0.2) is 18.1 Å². The van der Waals surface area contributed by atoms with E-state index < -0.39 is 0 Å². The van der Waals surface area contributed by atoms with Gasteiger partial charge >= 0.3 is 0 Å². The van der Waals surface area contributed by atoms with Gasteiger partial charge in [-0.2, -0.15) is 0 Å². The number of anilines is 1. The van der Waals surface area contributed by atoms with Crippen LogP contribution < -0.4 is 20.1 Å². The molecule has 5 nitrogen and oxygen atoms in total. The van der Waals surface area contributed by atoms with Gasteiger partial charge in [-0.1, -0.05) is 65.7 Å². The van der Waals surface area contributed by atoms with Crippen LogP contribution in [-0.4, -0.2) is 25.2 Å². The van der Waals surface area contributed by atoms with Crippen LogP contribution in [0.1, 0.15) is 63.0 Å². The van der Waals surface area contributed by atoms with Crippen LogP contribution in [0.4, 0.5) is 5.69 Å². The summed E-state index contributed by atoms with van der Waals surface area (Å²) in [5.41, 5.74) is 3.03. The van der Waals surface area contributed by atoms with Crippen molar-refractivity contribution in [2.45, 2.75) is 71.4 Å². The minimum atomic E-state index is -0.206. The molecule has 174 valence electrons. The first kappa shape index (κ1) is 24.6. The maximum Gasteiger partial charge on any atom is 0.262 e. The lowest BCUT2D eigenvalue weighted by atomic mass is 9.96. The third-order valence-electron chi connectivity index (χ3n) is 5.79. The molecule has 1 aliphatic carbocycles. The van der Waals surface area contributed by atoms with E-state index in [0.717, 1.165) is 27.8 Å². The number of nitrogens with one attached hydrogen (secondary N) is 2. The predicted octanol–water partition coefficient (Wildman–Crippen LogP) is 6.38. The number of halogens is 1. The molecule has 0 aromatic heterocycles. The minimum Gasteiger partial charge on any atom is -0.490 e. The van der Waals surface area contributed by atoms with Crippen LogP contribution in [0.15, 0.2) is 40.9 Å². The molecule has 0 atom stereocenters. The Bertz CT molecular complexity index is 862. The molecule has 1 amide bonds. The molecule has 1 fully saturated rings. The topological polar surface area (TPSA) is 59.6 Å². The second kappa shape index (κ2) is 12.9. The van der Waals surface area contributed by atoms with Gasteiger partial charge in [0.25, 0.3) is 5.91 Å². The average Bonchev–Trinajstić information content (AvgIpc) is 2.75. The summed E-state index contributed by atoms with van der Waals surface area (Å²) >= 11 is 3.68. The number of hydrogen-bond donors (Lipinski definition) is 2. The average molecular weight is 503 g/mol. The van der Waals surface area contributed by atoms with Crippen molar-refractivity contribution in [2.24, 2.45) is 0 Å². The second-order valence-electron chi connectivity index (χ2n) is 8.45. The smallest absolute Gasteiger partial charge is 0.262 e. The van der Waals surface area contributed by atoms with E-state index in [1.165, 1.54) is 44.9 Å². The molecular weight excluding hydrogens is 468 g/mol. The van der Waals surface area contributed by atoms with Gasteiger partial charge < -0.3 is 20.1 Å². The minimum absolute atomic E-state index is 0.0833. The summed E-state index contributed by atoms with van der Waals surface area (Å²) in [7, 11) is 0. The maximum absolute atomic E-state index is 12.3. The number of carbonyl (C=O) groups is 1. The fraction of sp³-hybridized carbons (Fsp3) is 0.500. The van der Waals surface area contributed by atoms with Gasteiger partial charge in [0, 0.05) is 22.7 Å². The van der Waals surface area contributed by atoms with Crippen LogP contribution in [0, 0.1) is 6.92 Å². The monoisotopic (exact) mass is 502 g/mol. The van der Waals surface area contributed by atoms with E-state index in [-0.39, 0.29) is 12.5 Å². The van der Waals surface area contributed by atoms with Crippen molar-refractivity contribution in [3.8, 4) is 11.5 Å². The summed E-state index contributed by atoms with van der Waals surface area (Å²) in [6.45, 7) is 5.18. The highest BCUT2D eigenvalue weighted by atomic mass is 79.9. The fourth-order valence-electron chi connectivity index (χ4n) is 3.99. The van der Waals surface area contributed by atoms with E-state index in [2.05, 4.69) is 26.6 Å². The van der Waals surface area contributed by atoms with Crippen molar-refractivity contribution in [1.82, 2.24) is 5.32 Å². The molecule has 0 spiro atoms. The van der Waals surface area contributed by atoms with Crippen LogP contribution in [0.25, 0.3) is 0 Å².